The number of nitrogens with two attached hydrogens (primary N) is 1. The summed E-state index contributed by atoms with van der Waals surface area (Å²) >= 11 is 0. The van der Waals surface area contributed by atoms with E-state index in [9.17, 15) is 0 Å². The predicted octanol–water partition coefficient (Wildman–Crippen LogP) is 0.798. The van der Waals surface area contributed by atoms with Gasteiger partial charge in [-0.15, -0.1) is 0 Å². The van der Waals surface area contributed by atoms with E-state index in [0.29, 0.717) is 11.3 Å². The fourth-order valence-electron chi connectivity index (χ4n) is 1.74. The van der Waals surface area contributed by atoms with Crippen LogP contribution in [0, 0.1) is 0 Å². The average Bonchev–Trinajstić information content (AvgIpc) is 2.74. The summed E-state index contributed by atoms with van der Waals surface area (Å²) in [6.45, 7) is 5.13. The van der Waals surface area contributed by atoms with Gasteiger partial charge in [-0.2, -0.15) is 0 Å². The number of nitrogens with zero attached hydrogens (tertiary/aromatic N) is 4. The second-order valence-electron chi connectivity index (χ2n) is 3.97. The first-order chi connectivity index (χ1) is 8.33. The number of fused-ring (bicyclic) bond motifs is 1. The highest BCUT2D eigenvalue weighted by molar-refractivity contribution is 5.80. The molecule has 0 bridgehead atoms. The number of hydrogen-bond acceptors (Lipinski definition) is 5. The van der Waals surface area contributed by atoms with Crippen LogP contribution in [0.3, 0.4) is 0 Å². The Morgan fingerprint density at radius 2 is 2.18 bits per heavy atom. The molecule has 0 aliphatic rings. The van der Waals surface area contributed by atoms with Crippen molar-refractivity contribution >= 4 is 17.0 Å². The summed E-state index contributed by atoms with van der Waals surface area (Å²) in [6.07, 6.45) is 5.47. The van der Waals surface area contributed by atoms with E-state index in [-0.39, 0.29) is 0 Å². The van der Waals surface area contributed by atoms with Gasteiger partial charge in [-0.25, -0.2) is 15.0 Å². The monoisotopic (exact) mass is 234 g/mol. The van der Waals surface area contributed by atoms with Crippen molar-refractivity contribution in [1.82, 2.24) is 24.8 Å². The Hall–Kier alpha value is -1.69. The lowest BCUT2D eigenvalue weighted by atomic mass is 10.4. The summed E-state index contributed by atoms with van der Waals surface area (Å²) in [6, 6.07) is 0. The molecule has 0 saturated heterocycles. The number of nitrogens with one attached hydrogen (secondary N) is 1. The predicted molar refractivity (Wildman–Crippen MR) is 67.5 cm³/mol. The lowest BCUT2D eigenvalue weighted by Crippen LogP contribution is -2.17. The molecule has 0 aromatic carbocycles. The Bertz CT molecular complexity index is 478. The van der Waals surface area contributed by atoms with Crippen LogP contribution in [0.25, 0.3) is 11.2 Å². The zero-order chi connectivity index (χ0) is 12.1. The molecule has 0 spiro atoms. The highest BCUT2D eigenvalue weighted by Gasteiger charge is 2.06. The van der Waals surface area contributed by atoms with Crippen molar-refractivity contribution in [3.63, 3.8) is 0 Å². The molecular weight excluding hydrogens is 216 g/mol. The molecular formula is C11H18N6. The molecule has 2 aromatic rings. The van der Waals surface area contributed by atoms with E-state index in [0.717, 1.165) is 38.1 Å². The van der Waals surface area contributed by atoms with E-state index in [1.54, 1.807) is 6.33 Å². The van der Waals surface area contributed by atoms with Crippen LogP contribution in [0.2, 0.25) is 0 Å². The van der Waals surface area contributed by atoms with Crippen molar-refractivity contribution in [2.24, 2.45) is 0 Å². The van der Waals surface area contributed by atoms with Gasteiger partial charge in [0.2, 0.25) is 0 Å². The summed E-state index contributed by atoms with van der Waals surface area (Å²) in [5, 5.41) is 3.37. The first-order valence-electron chi connectivity index (χ1n) is 5.95. The molecule has 0 fully saturated rings. The Labute approximate surface area is 100 Å². The Balaban J connectivity index is 1.97. The molecule has 0 unspecified atom stereocenters. The topological polar surface area (TPSA) is 81.7 Å². The normalized spacial score (nSPS) is 11.1. The molecule has 92 valence electrons. The Morgan fingerprint density at radius 1 is 1.29 bits per heavy atom. The van der Waals surface area contributed by atoms with Crippen molar-refractivity contribution in [1.29, 1.82) is 0 Å². The van der Waals surface area contributed by atoms with Gasteiger partial charge >= 0.3 is 0 Å². The van der Waals surface area contributed by atoms with Crippen LogP contribution in [0.15, 0.2) is 12.7 Å². The van der Waals surface area contributed by atoms with Gasteiger partial charge in [0.05, 0.1) is 6.33 Å². The van der Waals surface area contributed by atoms with Gasteiger partial charge in [-0.1, -0.05) is 6.92 Å². The van der Waals surface area contributed by atoms with Gasteiger partial charge in [0.25, 0.3) is 0 Å². The van der Waals surface area contributed by atoms with Crippen molar-refractivity contribution in [3.05, 3.63) is 12.7 Å². The number of nitrogen functional groups attached to an aromatic ring is 1. The van der Waals surface area contributed by atoms with Crippen LogP contribution in [0.4, 0.5) is 5.82 Å². The lowest BCUT2D eigenvalue weighted by molar-refractivity contribution is 0.584. The summed E-state index contributed by atoms with van der Waals surface area (Å²) in [5.74, 6) is 0.442. The van der Waals surface area contributed by atoms with Crippen LogP contribution >= 0.6 is 0 Å². The van der Waals surface area contributed by atoms with Crippen LogP contribution < -0.4 is 11.1 Å². The third kappa shape index (κ3) is 2.71. The van der Waals surface area contributed by atoms with Gasteiger partial charge < -0.3 is 15.6 Å². The van der Waals surface area contributed by atoms with Crippen molar-refractivity contribution in [3.8, 4) is 0 Å². The third-order valence-corrected chi connectivity index (χ3v) is 2.61. The molecule has 17 heavy (non-hydrogen) atoms. The fourth-order valence-corrected chi connectivity index (χ4v) is 1.74. The lowest BCUT2D eigenvalue weighted by Gasteiger charge is -2.04. The average molecular weight is 234 g/mol. The molecule has 0 radical (unpaired) electrons. The smallest absolute Gasteiger partial charge is 0.165 e. The molecule has 2 heterocycles. The molecule has 0 aliphatic carbocycles. The zero-order valence-corrected chi connectivity index (χ0v) is 10.1. The maximum absolute atomic E-state index is 5.72. The highest BCUT2D eigenvalue weighted by Crippen LogP contribution is 2.13. The van der Waals surface area contributed by atoms with E-state index < -0.39 is 0 Å². The summed E-state index contributed by atoms with van der Waals surface area (Å²) in [5.41, 5.74) is 7.23. The maximum atomic E-state index is 5.72. The Morgan fingerprint density at radius 3 is 3.00 bits per heavy atom. The minimum absolute atomic E-state index is 0.442. The van der Waals surface area contributed by atoms with Crippen molar-refractivity contribution in [2.75, 3.05) is 18.8 Å². The fraction of sp³-hybridized carbons (Fsp3) is 0.545. The molecule has 0 aliphatic heterocycles. The van der Waals surface area contributed by atoms with E-state index >= 15 is 0 Å². The van der Waals surface area contributed by atoms with Crippen LogP contribution in [0.1, 0.15) is 19.8 Å². The molecule has 2 aromatic heterocycles. The highest BCUT2D eigenvalue weighted by atomic mass is 15.1. The molecule has 0 saturated carbocycles. The number of aryl methyl sites for hydroxylation is 1. The molecule has 0 atom stereocenters. The van der Waals surface area contributed by atoms with E-state index in [4.69, 9.17) is 5.73 Å². The molecule has 2 rings (SSSR count). The maximum Gasteiger partial charge on any atom is 0.165 e. The standard InChI is InChI=1S/C11H18N6/c1-2-4-13-5-3-6-17-8-16-9-10(12)14-7-15-11(9)17/h7-8,13H,2-6H2,1H3,(H2,12,14,15). The summed E-state index contributed by atoms with van der Waals surface area (Å²) in [7, 11) is 0. The molecule has 0 amide bonds. The van der Waals surface area contributed by atoms with Crippen molar-refractivity contribution in [2.45, 2.75) is 26.3 Å². The molecule has 6 heteroatoms. The van der Waals surface area contributed by atoms with Gasteiger partial charge in [-0.3, -0.25) is 0 Å². The zero-order valence-electron chi connectivity index (χ0n) is 10.1. The quantitative estimate of drug-likeness (QED) is 0.722. The second-order valence-corrected chi connectivity index (χ2v) is 3.97. The van der Waals surface area contributed by atoms with E-state index in [1.807, 2.05) is 4.57 Å². The first-order valence-corrected chi connectivity index (χ1v) is 5.95. The van der Waals surface area contributed by atoms with E-state index in [2.05, 4.69) is 27.2 Å². The number of anilines is 1. The number of rotatable bonds is 6. The Kier molecular flexibility index (Phi) is 3.87. The van der Waals surface area contributed by atoms with Crippen LogP contribution in [-0.2, 0) is 6.54 Å². The third-order valence-electron chi connectivity index (χ3n) is 2.61. The first kappa shape index (κ1) is 11.8. The summed E-state index contributed by atoms with van der Waals surface area (Å²) in [4.78, 5) is 12.4. The van der Waals surface area contributed by atoms with Crippen LogP contribution in [-0.4, -0.2) is 32.6 Å². The molecule has 6 nitrogen and oxygen atoms in total. The number of hydrogen-bond donors (Lipinski definition) is 2. The minimum atomic E-state index is 0.442. The summed E-state index contributed by atoms with van der Waals surface area (Å²) < 4.78 is 2.01. The number of aromatic nitrogens is 4. The van der Waals surface area contributed by atoms with Gasteiger partial charge in [-0.05, 0) is 25.9 Å². The van der Waals surface area contributed by atoms with Gasteiger partial charge in [0, 0.05) is 6.54 Å². The van der Waals surface area contributed by atoms with E-state index in [1.165, 1.54) is 6.33 Å². The van der Waals surface area contributed by atoms with Crippen LogP contribution in [0.5, 0.6) is 0 Å². The van der Waals surface area contributed by atoms with Crippen molar-refractivity contribution < 1.29 is 0 Å². The number of imidazole rings is 1. The molecule has 3 N–H and O–H groups in total. The van der Waals surface area contributed by atoms with Gasteiger partial charge in [0.1, 0.15) is 11.8 Å². The SMILES string of the molecule is CCCNCCCn1cnc2c(N)ncnc21. The van der Waals surface area contributed by atoms with Gasteiger partial charge in [0.15, 0.2) is 11.5 Å². The second kappa shape index (κ2) is 5.58. The minimum Gasteiger partial charge on any atom is -0.382 e. The largest absolute Gasteiger partial charge is 0.382 e.